The Hall–Kier alpha value is -1.56. The van der Waals surface area contributed by atoms with E-state index in [4.69, 9.17) is 5.73 Å². The molecule has 1 heterocycles. The van der Waals surface area contributed by atoms with Crippen LogP contribution in [-0.2, 0) is 6.54 Å². The van der Waals surface area contributed by atoms with Crippen LogP contribution in [0.25, 0.3) is 0 Å². The number of H-pyrrole nitrogens is 1. The number of urea groups is 1. The maximum Gasteiger partial charge on any atom is 0.322 e. The summed E-state index contributed by atoms with van der Waals surface area (Å²) in [5.74, 6) is 0.578. The van der Waals surface area contributed by atoms with Gasteiger partial charge in [-0.1, -0.05) is 0 Å². The Morgan fingerprint density at radius 1 is 1.60 bits per heavy atom. The van der Waals surface area contributed by atoms with Crippen LogP contribution in [0.3, 0.4) is 0 Å². The van der Waals surface area contributed by atoms with Crippen LogP contribution in [0.1, 0.15) is 19.4 Å². The van der Waals surface area contributed by atoms with Crippen molar-refractivity contribution >= 4 is 11.8 Å². The Kier molecular flexibility index (Phi) is 4.11. The standard InChI is InChI=1S/C9H17N5O/c1-3-14(4-2)9(15)12-8-7(5-10)6-11-13-8/h6H,3-5,10H2,1-2H3,(H2,11,12,13,15). The molecule has 1 aromatic heterocycles. The highest BCUT2D eigenvalue weighted by atomic mass is 16.2. The molecule has 0 aliphatic heterocycles. The van der Waals surface area contributed by atoms with Gasteiger partial charge < -0.3 is 10.6 Å². The number of aromatic nitrogens is 2. The lowest BCUT2D eigenvalue weighted by Gasteiger charge is -2.18. The average molecular weight is 211 g/mol. The summed E-state index contributed by atoms with van der Waals surface area (Å²) in [5.41, 5.74) is 6.29. The molecule has 15 heavy (non-hydrogen) atoms. The van der Waals surface area contributed by atoms with Crippen molar-refractivity contribution in [2.45, 2.75) is 20.4 Å². The van der Waals surface area contributed by atoms with Gasteiger partial charge in [0.1, 0.15) is 5.82 Å². The molecule has 0 spiro atoms. The van der Waals surface area contributed by atoms with Crippen molar-refractivity contribution in [2.75, 3.05) is 18.4 Å². The largest absolute Gasteiger partial charge is 0.326 e. The predicted molar refractivity (Wildman–Crippen MR) is 58.4 cm³/mol. The van der Waals surface area contributed by atoms with Crippen molar-refractivity contribution in [3.63, 3.8) is 0 Å². The Morgan fingerprint density at radius 2 is 2.27 bits per heavy atom. The highest BCUT2D eigenvalue weighted by Crippen LogP contribution is 2.10. The van der Waals surface area contributed by atoms with E-state index in [2.05, 4.69) is 15.5 Å². The first-order valence-electron chi connectivity index (χ1n) is 5.01. The Balaban J connectivity index is 2.65. The first-order valence-corrected chi connectivity index (χ1v) is 5.01. The summed E-state index contributed by atoms with van der Waals surface area (Å²) < 4.78 is 0. The molecule has 0 aliphatic carbocycles. The number of nitrogens with two attached hydrogens (primary N) is 1. The van der Waals surface area contributed by atoms with E-state index >= 15 is 0 Å². The van der Waals surface area contributed by atoms with Crippen molar-refractivity contribution < 1.29 is 4.79 Å². The summed E-state index contributed by atoms with van der Waals surface area (Å²) >= 11 is 0. The van der Waals surface area contributed by atoms with Gasteiger partial charge in [-0.2, -0.15) is 5.10 Å². The maximum atomic E-state index is 11.7. The van der Waals surface area contributed by atoms with Gasteiger partial charge in [0.25, 0.3) is 0 Å². The Labute approximate surface area is 88.8 Å². The van der Waals surface area contributed by atoms with Gasteiger partial charge in [0.15, 0.2) is 0 Å². The van der Waals surface area contributed by atoms with Crippen molar-refractivity contribution in [1.29, 1.82) is 0 Å². The number of carbonyl (C=O) groups excluding carboxylic acids is 1. The fourth-order valence-corrected chi connectivity index (χ4v) is 1.27. The molecule has 84 valence electrons. The highest BCUT2D eigenvalue weighted by molar-refractivity contribution is 5.88. The SMILES string of the molecule is CCN(CC)C(=O)Nc1[nH]ncc1CN. The first-order chi connectivity index (χ1) is 7.22. The van der Waals surface area contributed by atoms with Gasteiger partial charge in [0.05, 0.1) is 6.20 Å². The number of hydrogen-bond acceptors (Lipinski definition) is 3. The van der Waals surface area contributed by atoms with Crippen LogP contribution < -0.4 is 11.1 Å². The molecular weight excluding hydrogens is 194 g/mol. The number of rotatable bonds is 4. The highest BCUT2D eigenvalue weighted by Gasteiger charge is 2.12. The van der Waals surface area contributed by atoms with E-state index in [1.165, 1.54) is 0 Å². The predicted octanol–water partition coefficient (Wildman–Crippen LogP) is 0.742. The molecule has 0 aliphatic rings. The van der Waals surface area contributed by atoms with Crippen molar-refractivity contribution in [1.82, 2.24) is 15.1 Å². The summed E-state index contributed by atoms with van der Waals surface area (Å²) in [6, 6.07) is -0.140. The minimum absolute atomic E-state index is 0.140. The van der Waals surface area contributed by atoms with E-state index in [0.29, 0.717) is 25.5 Å². The molecule has 6 nitrogen and oxygen atoms in total. The molecule has 6 heteroatoms. The van der Waals surface area contributed by atoms with E-state index in [1.807, 2.05) is 13.8 Å². The second-order valence-electron chi connectivity index (χ2n) is 3.08. The topological polar surface area (TPSA) is 87.0 Å². The average Bonchev–Trinajstić information content (AvgIpc) is 2.67. The molecule has 0 unspecified atom stereocenters. The zero-order valence-corrected chi connectivity index (χ0v) is 9.08. The minimum Gasteiger partial charge on any atom is -0.326 e. The van der Waals surface area contributed by atoms with Crippen LogP contribution in [0.4, 0.5) is 10.6 Å². The third kappa shape index (κ3) is 2.69. The van der Waals surface area contributed by atoms with E-state index in [-0.39, 0.29) is 6.03 Å². The molecule has 1 rings (SSSR count). The Morgan fingerprint density at radius 3 is 2.80 bits per heavy atom. The van der Waals surface area contributed by atoms with Gasteiger partial charge in [-0.25, -0.2) is 4.79 Å². The second kappa shape index (κ2) is 5.35. The number of amides is 2. The Bertz CT molecular complexity index is 318. The van der Waals surface area contributed by atoms with Crippen LogP contribution in [-0.4, -0.2) is 34.2 Å². The van der Waals surface area contributed by atoms with Gasteiger partial charge in [0.2, 0.25) is 0 Å². The van der Waals surface area contributed by atoms with Gasteiger partial charge in [-0.05, 0) is 13.8 Å². The number of carbonyl (C=O) groups is 1. The van der Waals surface area contributed by atoms with E-state index < -0.39 is 0 Å². The monoisotopic (exact) mass is 211 g/mol. The molecule has 1 aromatic rings. The summed E-state index contributed by atoms with van der Waals surface area (Å²) in [7, 11) is 0. The molecule has 0 bridgehead atoms. The molecule has 0 saturated carbocycles. The van der Waals surface area contributed by atoms with Crippen LogP contribution in [0.15, 0.2) is 6.20 Å². The molecular formula is C9H17N5O. The number of aromatic amines is 1. The number of hydrogen-bond donors (Lipinski definition) is 3. The molecule has 4 N–H and O–H groups in total. The van der Waals surface area contributed by atoms with Crippen molar-refractivity contribution in [3.05, 3.63) is 11.8 Å². The lowest BCUT2D eigenvalue weighted by atomic mass is 10.3. The molecule has 2 amide bonds. The molecule has 0 atom stereocenters. The lowest BCUT2D eigenvalue weighted by Crippen LogP contribution is -2.34. The summed E-state index contributed by atoms with van der Waals surface area (Å²) in [6.45, 7) is 5.56. The van der Waals surface area contributed by atoms with Crippen molar-refractivity contribution in [2.24, 2.45) is 5.73 Å². The van der Waals surface area contributed by atoms with Crippen LogP contribution in [0.5, 0.6) is 0 Å². The minimum atomic E-state index is -0.140. The molecule has 0 aromatic carbocycles. The third-order valence-electron chi connectivity index (χ3n) is 2.22. The zero-order chi connectivity index (χ0) is 11.3. The number of nitrogens with zero attached hydrogens (tertiary/aromatic N) is 2. The number of nitrogens with one attached hydrogen (secondary N) is 2. The van der Waals surface area contributed by atoms with E-state index in [1.54, 1.807) is 11.1 Å². The summed E-state index contributed by atoms with van der Waals surface area (Å²) in [6.07, 6.45) is 1.61. The molecule has 0 saturated heterocycles. The van der Waals surface area contributed by atoms with Gasteiger partial charge in [-0.3, -0.25) is 10.4 Å². The first kappa shape index (κ1) is 11.5. The van der Waals surface area contributed by atoms with Gasteiger partial charge in [0, 0.05) is 25.2 Å². The van der Waals surface area contributed by atoms with Crippen LogP contribution in [0.2, 0.25) is 0 Å². The summed E-state index contributed by atoms with van der Waals surface area (Å²) in [4.78, 5) is 13.3. The maximum absolute atomic E-state index is 11.7. The fraction of sp³-hybridized carbons (Fsp3) is 0.556. The molecule has 0 radical (unpaired) electrons. The van der Waals surface area contributed by atoms with Crippen LogP contribution >= 0.6 is 0 Å². The van der Waals surface area contributed by atoms with Crippen LogP contribution in [0, 0.1) is 0 Å². The van der Waals surface area contributed by atoms with Crippen molar-refractivity contribution in [3.8, 4) is 0 Å². The lowest BCUT2D eigenvalue weighted by molar-refractivity contribution is 0.217. The zero-order valence-electron chi connectivity index (χ0n) is 9.08. The quantitative estimate of drug-likeness (QED) is 0.686. The van der Waals surface area contributed by atoms with Gasteiger partial charge in [-0.15, -0.1) is 0 Å². The van der Waals surface area contributed by atoms with E-state index in [0.717, 1.165) is 5.56 Å². The summed E-state index contributed by atoms with van der Waals surface area (Å²) in [5, 5.41) is 9.25. The van der Waals surface area contributed by atoms with Gasteiger partial charge >= 0.3 is 6.03 Å². The fourth-order valence-electron chi connectivity index (χ4n) is 1.27. The van der Waals surface area contributed by atoms with E-state index in [9.17, 15) is 4.79 Å². The smallest absolute Gasteiger partial charge is 0.322 e. The third-order valence-corrected chi connectivity index (χ3v) is 2.22. The normalized spacial score (nSPS) is 10.1. The molecule has 0 fully saturated rings. The second-order valence-corrected chi connectivity index (χ2v) is 3.08. The number of anilines is 1.